The van der Waals surface area contributed by atoms with Crippen molar-refractivity contribution in [3.8, 4) is 0 Å². The van der Waals surface area contributed by atoms with Crippen LogP contribution >= 0.6 is 11.8 Å². The number of hydrogen-bond acceptors (Lipinski definition) is 4. The Morgan fingerprint density at radius 3 is 2.78 bits per heavy atom. The highest BCUT2D eigenvalue weighted by Gasteiger charge is 2.43. The molecule has 1 saturated heterocycles. The lowest BCUT2D eigenvalue weighted by atomic mass is 9.98. The van der Waals surface area contributed by atoms with Gasteiger partial charge in [-0.15, -0.1) is 0 Å². The number of carboxylic acids is 1. The number of aromatic amines is 1. The number of hydrogen-bond donors (Lipinski definition) is 3. The van der Waals surface area contributed by atoms with Gasteiger partial charge >= 0.3 is 5.97 Å². The Hall–Kier alpha value is -2.35. The maximum absolute atomic E-state index is 13.3. The summed E-state index contributed by atoms with van der Waals surface area (Å²) in [5.74, 6) is -1.40. The van der Waals surface area contributed by atoms with Crippen molar-refractivity contribution < 1.29 is 19.1 Å². The van der Waals surface area contributed by atoms with Gasteiger partial charge in [0.15, 0.2) is 0 Å². The van der Waals surface area contributed by atoms with E-state index in [1.807, 2.05) is 0 Å². The van der Waals surface area contributed by atoms with E-state index >= 15 is 0 Å². The first-order valence-electron chi connectivity index (χ1n) is 6.87. The number of nitrogens with one attached hydrogen (secondary N) is 2. The maximum atomic E-state index is 13.3. The van der Waals surface area contributed by atoms with Crippen molar-refractivity contribution >= 4 is 34.5 Å². The largest absolute Gasteiger partial charge is 0.479 e. The van der Waals surface area contributed by atoms with Crippen molar-refractivity contribution in [3.63, 3.8) is 0 Å². The molecule has 0 aliphatic carbocycles. The molecule has 3 N–H and O–H groups in total. The highest BCUT2D eigenvalue weighted by molar-refractivity contribution is 7.99. The molecule has 1 aromatic heterocycles. The van der Waals surface area contributed by atoms with Crippen molar-refractivity contribution in [2.45, 2.75) is 12.0 Å². The quantitative estimate of drug-likeness (QED) is 0.786. The smallest absolute Gasteiger partial charge is 0.330 e. The lowest BCUT2D eigenvalue weighted by Gasteiger charge is -2.24. The number of benzene rings is 1. The Kier molecular flexibility index (Phi) is 3.85. The molecule has 1 aliphatic rings. The SMILES string of the molecule is O=C(NC1(C(=O)O)CCSC1)c1cc(=O)[nH]c2cc(F)ccc12. The monoisotopic (exact) mass is 336 g/mol. The topological polar surface area (TPSA) is 99.3 Å². The van der Waals surface area contributed by atoms with Gasteiger partial charge in [-0.3, -0.25) is 9.59 Å². The molecule has 1 aromatic carbocycles. The standard InChI is InChI=1S/C15H13FN2O4S/c16-8-1-2-9-10(6-12(19)17-11(9)5-8)13(20)18-15(14(21)22)3-4-23-7-15/h1-2,5-6H,3-4,7H2,(H,17,19)(H,18,20)(H,21,22). The third-order valence-electron chi connectivity index (χ3n) is 3.83. The zero-order valence-corrected chi connectivity index (χ0v) is 12.7. The van der Waals surface area contributed by atoms with Gasteiger partial charge in [-0.1, -0.05) is 0 Å². The molecule has 0 saturated carbocycles. The van der Waals surface area contributed by atoms with Crippen LogP contribution in [0.1, 0.15) is 16.8 Å². The van der Waals surface area contributed by atoms with E-state index in [2.05, 4.69) is 10.3 Å². The molecule has 6 nitrogen and oxygen atoms in total. The van der Waals surface area contributed by atoms with Gasteiger partial charge in [0, 0.05) is 17.2 Å². The van der Waals surface area contributed by atoms with Crippen LogP contribution in [0.15, 0.2) is 29.1 Å². The summed E-state index contributed by atoms with van der Waals surface area (Å²) in [5, 5.41) is 12.3. The summed E-state index contributed by atoms with van der Waals surface area (Å²) in [7, 11) is 0. The second kappa shape index (κ2) is 5.69. The molecule has 0 bridgehead atoms. The first-order valence-corrected chi connectivity index (χ1v) is 8.03. The van der Waals surface area contributed by atoms with Crippen LogP contribution in [0.5, 0.6) is 0 Å². The van der Waals surface area contributed by atoms with E-state index in [0.29, 0.717) is 17.6 Å². The molecule has 2 heterocycles. The summed E-state index contributed by atoms with van der Waals surface area (Å²) >= 11 is 1.44. The highest BCUT2D eigenvalue weighted by atomic mass is 32.2. The lowest BCUT2D eigenvalue weighted by Crippen LogP contribution is -2.54. The summed E-state index contributed by atoms with van der Waals surface area (Å²) in [6.45, 7) is 0. The Morgan fingerprint density at radius 2 is 2.13 bits per heavy atom. The summed E-state index contributed by atoms with van der Waals surface area (Å²) < 4.78 is 13.3. The fourth-order valence-corrected chi connectivity index (χ4v) is 3.92. The predicted octanol–water partition coefficient (Wildman–Crippen LogP) is 1.36. The highest BCUT2D eigenvalue weighted by Crippen LogP contribution is 2.29. The number of carbonyl (C=O) groups is 2. The minimum atomic E-state index is -1.34. The van der Waals surface area contributed by atoms with Gasteiger partial charge in [0.25, 0.3) is 5.91 Å². The molecule has 23 heavy (non-hydrogen) atoms. The van der Waals surface area contributed by atoms with Crippen LogP contribution in [-0.4, -0.2) is 39.0 Å². The Balaban J connectivity index is 2.04. The average Bonchev–Trinajstić information content (AvgIpc) is 2.95. The molecule has 1 atom stereocenters. The summed E-state index contributed by atoms with van der Waals surface area (Å²) in [5.41, 5.74) is -1.68. The predicted molar refractivity (Wildman–Crippen MR) is 84.3 cm³/mol. The zero-order chi connectivity index (χ0) is 16.6. The molecule has 1 unspecified atom stereocenters. The normalized spacial score (nSPS) is 20.6. The molecule has 1 fully saturated rings. The average molecular weight is 336 g/mol. The number of halogens is 1. The molecule has 0 spiro atoms. The lowest BCUT2D eigenvalue weighted by molar-refractivity contribution is -0.143. The second-order valence-electron chi connectivity index (χ2n) is 5.38. The van der Waals surface area contributed by atoms with E-state index in [9.17, 15) is 23.9 Å². The van der Waals surface area contributed by atoms with Gasteiger partial charge in [0.1, 0.15) is 11.4 Å². The maximum Gasteiger partial charge on any atom is 0.330 e. The van der Waals surface area contributed by atoms with Crippen molar-refractivity contribution in [1.82, 2.24) is 10.3 Å². The number of pyridine rings is 1. The van der Waals surface area contributed by atoms with E-state index in [-0.39, 0.29) is 16.8 Å². The number of amides is 1. The number of aromatic nitrogens is 1. The summed E-state index contributed by atoms with van der Waals surface area (Å²) in [6.07, 6.45) is 0.314. The van der Waals surface area contributed by atoms with Crippen LogP contribution in [0, 0.1) is 5.82 Å². The zero-order valence-electron chi connectivity index (χ0n) is 11.9. The molecular formula is C15H13FN2O4S. The Labute approximate surface area is 134 Å². The van der Waals surface area contributed by atoms with Crippen molar-refractivity contribution in [2.24, 2.45) is 0 Å². The van der Waals surface area contributed by atoms with E-state index in [1.165, 1.54) is 23.9 Å². The van der Waals surface area contributed by atoms with Crippen LogP contribution in [0.3, 0.4) is 0 Å². The van der Waals surface area contributed by atoms with Crippen molar-refractivity contribution in [3.05, 3.63) is 46.0 Å². The van der Waals surface area contributed by atoms with Gasteiger partial charge in [0.05, 0.1) is 11.1 Å². The van der Waals surface area contributed by atoms with E-state index < -0.39 is 28.8 Å². The third kappa shape index (κ3) is 2.81. The summed E-state index contributed by atoms with van der Waals surface area (Å²) in [6, 6.07) is 4.77. The molecule has 120 valence electrons. The third-order valence-corrected chi connectivity index (χ3v) is 5.02. The van der Waals surface area contributed by atoms with Gasteiger partial charge in [-0.05, 0) is 30.4 Å². The number of fused-ring (bicyclic) bond motifs is 1. The minimum Gasteiger partial charge on any atom is -0.479 e. The van der Waals surface area contributed by atoms with Crippen LogP contribution in [0.25, 0.3) is 10.9 Å². The van der Waals surface area contributed by atoms with Crippen LogP contribution in [0.2, 0.25) is 0 Å². The molecule has 0 radical (unpaired) electrons. The number of rotatable bonds is 3. The van der Waals surface area contributed by atoms with Gasteiger partial charge in [-0.2, -0.15) is 11.8 Å². The van der Waals surface area contributed by atoms with Crippen LogP contribution in [-0.2, 0) is 4.79 Å². The number of carboxylic acid groups (broad SMARTS) is 1. The van der Waals surface area contributed by atoms with Crippen LogP contribution < -0.4 is 10.9 Å². The first-order chi connectivity index (χ1) is 10.9. The van der Waals surface area contributed by atoms with Gasteiger partial charge < -0.3 is 15.4 Å². The van der Waals surface area contributed by atoms with Crippen LogP contribution in [0.4, 0.5) is 4.39 Å². The van der Waals surface area contributed by atoms with Gasteiger partial charge in [-0.25, -0.2) is 9.18 Å². The number of thioether (sulfide) groups is 1. The van der Waals surface area contributed by atoms with E-state index in [0.717, 1.165) is 12.1 Å². The minimum absolute atomic E-state index is 0.0290. The molecule has 2 aromatic rings. The second-order valence-corrected chi connectivity index (χ2v) is 6.49. The molecule has 8 heteroatoms. The van der Waals surface area contributed by atoms with Gasteiger partial charge in [0.2, 0.25) is 5.56 Å². The number of aliphatic carboxylic acids is 1. The van der Waals surface area contributed by atoms with Crippen molar-refractivity contribution in [2.75, 3.05) is 11.5 Å². The van der Waals surface area contributed by atoms with E-state index in [1.54, 1.807) is 0 Å². The molecule has 3 rings (SSSR count). The molecule has 1 amide bonds. The molecule has 1 aliphatic heterocycles. The number of H-pyrrole nitrogens is 1. The fourth-order valence-electron chi connectivity index (χ4n) is 2.59. The Bertz CT molecular complexity index is 858. The van der Waals surface area contributed by atoms with Crippen molar-refractivity contribution in [1.29, 1.82) is 0 Å². The summed E-state index contributed by atoms with van der Waals surface area (Å²) in [4.78, 5) is 38.2. The molecular weight excluding hydrogens is 323 g/mol. The first kappa shape index (κ1) is 15.5. The van der Waals surface area contributed by atoms with E-state index in [4.69, 9.17) is 0 Å². The fraction of sp³-hybridized carbons (Fsp3) is 0.267. The number of carbonyl (C=O) groups excluding carboxylic acids is 1. The Morgan fingerprint density at radius 1 is 1.35 bits per heavy atom.